The lowest BCUT2D eigenvalue weighted by Gasteiger charge is -2.05. The van der Waals surface area contributed by atoms with Crippen molar-refractivity contribution in [2.75, 3.05) is 17.6 Å². The Morgan fingerprint density at radius 1 is 0.944 bits per heavy atom. The Kier molecular flexibility index (Phi) is 7.93. The smallest absolute Gasteiger partial charge is 0.148 e. The van der Waals surface area contributed by atoms with E-state index in [-0.39, 0.29) is 0 Å². The molecule has 0 radical (unpaired) electrons. The van der Waals surface area contributed by atoms with Crippen molar-refractivity contribution in [3.8, 4) is 0 Å². The fourth-order valence-electron chi connectivity index (χ4n) is 1.91. The van der Waals surface area contributed by atoms with Crippen LogP contribution in [0.2, 0.25) is 0 Å². The summed E-state index contributed by atoms with van der Waals surface area (Å²) in [7, 11) is 0. The van der Waals surface area contributed by atoms with Crippen LogP contribution in [-0.2, 0) is 0 Å². The molecular weight excluding hydrogens is 224 g/mol. The predicted octanol–water partition coefficient (Wildman–Crippen LogP) is 3.61. The van der Waals surface area contributed by atoms with E-state index in [0.717, 1.165) is 12.4 Å². The SMILES string of the molecule is CCCCCCCCCCNc1ccc(N)nn1. The van der Waals surface area contributed by atoms with Gasteiger partial charge in [0.25, 0.3) is 0 Å². The van der Waals surface area contributed by atoms with Gasteiger partial charge in [-0.05, 0) is 18.6 Å². The summed E-state index contributed by atoms with van der Waals surface area (Å²) < 4.78 is 0. The number of rotatable bonds is 10. The zero-order valence-electron chi connectivity index (χ0n) is 11.5. The summed E-state index contributed by atoms with van der Waals surface area (Å²) in [6.07, 6.45) is 10.7. The van der Waals surface area contributed by atoms with Gasteiger partial charge in [-0.3, -0.25) is 0 Å². The minimum atomic E-state index is 0.465. The maximum absolute atomic E-state index is 5.47. The van der Waals surface area contributed by atoms with Gasteiger partial charge in [0.2, 0.25) is 0 Å². The maximum atomic E-state index is 5.47. The Bertz CT molecular complexity index is 297. The molecule has 0 bridgehead atoms. The molecule has 0 fully saturated rings. The molecule has 4 nitrogen and oxygen atoms in total. The summed E-state index contributed by atoms with van der Waals surface area (Å²) in [5.41, 5.74) is 5.47. The molecule has 0 amide bonds. The van der Waals surface area contributed by atoms with Crippen LogP contribution in [0.3, 0.4) is 0 Å². The molecule has 0 aromatic carbocycles. The van der Waals surface area contributed by atoms with Crippen LogP contribution in [0.5, 0.6) is 0 Å². The van der Waals surface area contributed by atoms with Crippen molar-refractivity contribution >= 4 is 11.6 Å². The van der Waals surface area contributed by atoms with Gasteiger partial charge in [0.15, 0.2) is 0 Å². The third-order valence-electron chi connectivity index (χ3n) is 3.02. The summed E-state index contributed by atoms with van der Waals surface area (Å²) in [6.45, 7) is 3.22. The monoisotopic (exact) mass is 250 g/mol. The lowest BCUT2D eigenvalue weighted by atomic mass is 10.1. The fourth-order valence-corrected chi connectivity index (χ4v) is 1.91. The van der Waals surface area contributed by atoms with E-state index in [1.807, 2.05) is 6.07 Å². The number of nitrogen functional groups attached to an aromatic ring is 1. The molecule has 1 aromatic heterocycles. The molecule has 0 saturated heterocycles. The van der Waals surface area contributed by atoms with Gasteiger partial charge in [0.1, 0.15) is 11.6 Å². The average Bonchev–Trinajstić information content (AvgIpc) is 2.39. The maximum Gasteiger partial charge on any atom is 0.148 e. The van der Waals surface area contributed by atoms with Crippen LogP contribution in [0.1, 0.15) is 58.3 Å². The molecule has 0 saturated carbocycles. The molecule has 0 aliphatic carbocycles. The Labute approximate surface area is 110 Å². The van der Waals surface area contributed by atoms with Crippen molar-refractivity contribution in [3.63, 3.8) is 0 Å². The van der Waals surface area contributed by atoms with Crippen LogP contribution in [0.25, 0.3) is 0 Å². The Morgan fingerprint density at radius 2 is 1.61 bits per heavy atom. The van der Waals surface area contributed by atoms with E-state index >= 15 is 0 Å². The minimum Gasteiger partial charge on any atom is -0.382 e. The Morgan fingerprint density at radius 3 is 2.22 bits per heavy atom. The molecular formula is C14H26N4. The van der Waals surface area contributed by atoms with Crippen LogP contribution in [0, 0.1) is 0 Å². The second-order valence-electron chi connectivity index (χ2n) is 4.75. The van der Waals surface area contributed by atoms with Gasteiger partial charge in [-0.25, -0.2) is 0 Å². The van der Waals surface area contributed by atoms with Crippen molar-refractivity contribution in [1.82, 2.24) is 10.2 Å². The van der Waals surface area contributed by atoms with Crippen molar-refractivity contribution in [1.29, 1.82) is 0 Å². The lowest BCUT2D eigenvalue weighted by Crippen LogP contribution is -2.04. The zero-order chi connectivity index (χ0) is 13.1. The molecule has 1 aromatic rings. The standard InChI is InChI=1S/C14H26N4/c1-2-3-4-5-6-7-8-9-12-16-14-11-10-13(15)17-18-14/h10-11H,2-9,12H2,1H3,(H2,15,17)(H,16,18). The molecule has 0 atom stereocenters. The minimum absolute atomic E-state index is 0.465. The normalized spacial score (nSPS) is 10.5. The van der Waals surface area contributed by atoms with Crippen LogP contribution in [0.15, 0.2) is 12.1 Å². The van der Waals surface area contributed by atoms with Crippen molar-refractivity contribution in [2.45, 2.75) is 58.3 Å². The first-order valence-corrected chi connectivity index (χ1v) is 7.16. The largest absolute Gasteiger partial charge is 0.382 e. The third kappa shape index (κ3) is 7.09. The van der Waals surface area contributed by atoms with E-state index < -0.39 is 0 Å². The van der Waals surface area contributed by atoms with E-state index in [1.54, 1.807) is 6.07 Å². The number of nitrogens with one attached hydrogen (secondary N) is 1. The molecule has 1 heterocycles. The first-order chi connectivity index (χ1) is 8.83. The molecule has 0 aliphatic rings. The summed E-state index contributed by atoms with van der Waals surface area (Å²) in [6, 6.07) is 3.64. The van der Waals surface area contributed by atoms with E-state index in [2.05, 4.69) is 22.4 Å². The van der Waals surface area contributed by atoms with Crippen LogP contribution in [0.4, 0.5) is 11.6 Å². The van der Waals surface area contributed by atoms with E-state index in [9.17, 15) is 0 Å². The van der Waals surface area contributed by atoms with Crippen molar-refractivity contribution < 1.29 is 0 Å². The van der Waals surface area contributed by atoms with Crippen LogP contribution in [-0.4, -0.2) is 16.7 Å². The van der Waals surface area contributed by atoms with Gasteiger partial charge in [-0.15, -0.1) is 10.2 Å². The first kappa shape index (κ1) is 14.7. The quantitative estimate of drug-likeness (QED) is 0.623. The van der Waals surface area contributed by atoms with Crippen molar-refractivity contribution in [2.24, 2.45) is 0 Å². The number of unbranched alkanes of at least 4 members (excludes halogenated alkanes) is 7. The van der Waals surface area contributed by atoms with E-state index in [1.165, 1.54) is 51.4 Å². The molecule has 1 rings (SSSR count). The number of nitrogens with zero attached hydrogens (tertiary/aromatic N) is 2. The first-order valence-electron chi connectivity index (χ1n) is 7.16. The van der Waals surface area contributed by atoms with Gasteiger partial charge in [0.05, 0.1) is 0 Å². The van der Waals surface area contributed by atoms with Crippen LogP contribution < -0.4 is 11.1 Å². The van der Waals surface area contributed by atoms with E-state index in [4.69, 9.17) is 5.73 Å². The number of anilines is 2. The van der Waals surface area contributed by atoms with Gasteiger partial charge >= 0.3 is 0 Å². The van der Waals surface area contributed by atoms with Crippen LogP contribution >= 0.6 is 0 Å². The average molecular weight is 250 g/mol. The number of nitrogens with two attached hydrogens (primary N) is 1. The lowest BCUT2D eigenvalue weighted by molar-refractivity contribution is 0.581. The highest BCUT2D eigenvalue weighted by atomic mass is 15.2. The summed E-state index contributed by atoms with van der Waals surface area (Å²) in [4.78, 5) is 0. The summed E-state index contributed by atoms with van der Waals surface area (Å²) in [5.74, 6) is 1.28. The zero-order valence-corrected chi connectivity index (χ0v) is 11.5. The molecule has 0 unspecified atom stereocenters. The highest BCUT2D eigenvalue weighted by molar-refractivity contribution is 5.38. The van der Waals surface area contributed by atoms with Gasteiger partial charge in [-0.1, -0.05) is 51.9 Å². The number of hydrogen-bond acceptors (Lipinski definition) is 4. The highest BCUT2D eigenvalue weighted by Gasteiger charge is 1.95. The van der Waals surface area contributed by atoms with Crippen molar-refractivity contribution in [3.05, 3.63) is 12.1 Å². The summed E-state index contributed by atoms with van der Waals surface area (Å²) in [5, 5.41) is 11.0. The fraction of sp³-hybridized carbons (Fsp3) is 0.714. The Hall–Kier alpha value is -1.32. The molecule has 4 heteroatoms. The molecule has 0 aliphatic heterocycles. The third-order valence-corrected chi connectivity index (χ3v) is 3.02. The van der Waals surface area contributed by atoms with Gasteiger partial charge in [-0.2, -0.15) is 0 Å². The molecule has 3 N–H and O–H groups in total. The number of hydrogen-bond donors (Lipinski definition) is 2. The second kappa shape index (κ2) is 9.68. The Balaban J connectivity index is 1.91. The molecule has 102 valence electrons. The second-order valence-corrected chi connectivity index (χ2v) is 4.75. The summed E-state index contributed by atoms with van der Waals surface area (Å²) >= 11 is 0. The van der Waals surface area contributed by atoms with Gasteiger partial charge < -0.3 is 11.1 Å². The predicted molar refractivity (Wildman–Crippen MR) is 77.5 cm³/mol. The molecule has 18 heavy (non-hydrogen) atoms. The topological polar surface area (TPSA) is 63.8 Å². The molecule has 0 spiro atoms. The van der Waals surface area contributed by atoms with Gasteiger partial charge in [0, 0.05) is 6.54 Å². The van der Waals surface area contributed by atoms with E-state index in [0.29, 0.717) is 5.82 Å². The highest BCUT2D eigenvalue weighted by Crippen LogP contribution is 2.09. The number of aromatic nitrogens is 2.